The Morgan fingerprint density at radius 3 is 2.35 bits per heavy atom. The second kappa shape index (κ2) is 11.0. The maximum Gasteiger partial charge on any atom is 0.243 e. The van der Waals surface area contributed by atoms with Crippen LogP contribution in [-0.4, -0.2) is 33.1 Å². The van der Waals surface area contributed by atoms with E-state index in [2.05, 4.69) is 0 Å². The summed E-state index contributed by atoms with van der Waals surface area (Å²) in [4.78, 5) is 26.3. The molecule has 3 aromatic carbocycles. The van der Waals surface area contributed by atoms with Gasteiger partial charge in [0.25, 0.3) is 0 Å². The average Bonchev–Trinajstić information content (AvgIpc) is 3.21. The van der Waals surface area contributed by atoms with E-state index in [1.54, 1.807) is 10.4 Å². The van der Waals surface area contributed by atoms with Gasteiger partial charge in [-0.15, -0.1) is 0 Å². The van der Waals surface area contributed by atoms with Crippen LogP contribution in [-0.2, 0) is 29.2 Å². The Kier molecular flexibility index (Phi) is 7.57. The van der Waals surface area contributed by atoms with E-state index in [-0.39, 0.29) is 25.3 Å². The molecular weight excluding hydrogens is 432 g/mol. The summed E-state index contributed by atoms with van der Waals surface area (Å²) in [7, 11) is 0. The maximum absolute atomic E-state index is 13.2. The molecule has 0 fully saturated rings. The molecule has 0 heterocycles. The van der Waals surface area contributed by atoms with Crippen molar-refractivity contribution in [2.24, 2.45) is 0 Å². The number of hydrogen-bond donors (Lipinski definition) is 3. The third-order valence-corrected chi connectivity index (χ3v) is 6.04. The number of rotatable bonds is 9. The van der Waals surface area contributed by atoms with Crippen LogP contribution in [0.25, 0.3) is 0 Å². The van der Waals surface area contributed by atoms with Gasteiger partial charge in [-0.1, -0.05) is 66.7 Å². The normalized spacial score (nSPS) is 16.5. The Labute approximate surface area is 198 Å². The molecule has 4 rings (SSSR count). The molecule has 0 spiro atoms. The number of fused-ring (bicyclic) bond motifs is 1. The molecule has 3 N–H and O–H groups in total. The van der Waals surface area contributed by atoms with Gasteiger partial charge in [-0.05, 0) is 34.4 Å². The van der Waals surface area contributed by atoms with E-state index < -0.39 is 18.1 Å². The van der Waals surface area contributed by atoms with Gasteiger partial charge in [0, 0.05) is 25.8 Å². The number of benzene rings is 3. The molecular formula is C27H28N2O5. The zero-order valence-electron chi connectivity index (χ0n) is 18.8. The fraction of sp³-hybridized carbons (Fsp3) is 0.259. The van der Waals surface area contributed by atoms with Gasteiger partial charge < -0.3 is 14.7 Å². The molecule has 0 saturated carbocycles. The van der Waals surface area contributed by atoms with Crippen molar-refractivity contribution < 1.29 is 24.6 Å². The van der Waals surface area contributed by atoms with Crippen molar-refractivity contribution in [3.8, 4) is 5.75 Å². The summed E-state index contributed by atoms with van der Waals surface area (Å²) in [5.41, 5.74) is 5.44. The van der Waals surface area contributed by atoms with Gasteiger partial charge in [-0.3, -0.25) is 14.8 Å². The summed E-state index contributed by atoms with van der Waals surface area (Å²) < 4.78 is 5.85. The third-order valence-electron chi connectivity index (χ3n) is 6.04. The topological polar surface area (TPSA) is 99.1 Å². The zero-order chi connectivity index (χ0) is 23.9. The van der Waals surface area contributed by atoms with Crippen LogP contribution in [0.4, 0.5) is 0 Å². The Hall–Kier alpha value is -3.68. The number of carbonyl (C=O) groups excluding carboxylic acids is 2. The number of hydrogen-bond acceptors (Lipinski definition) is 5. The molecule has 7 nitrogen and oxygen atoms in total. The summed E-state index contributed by atoms with van der Waals surface area (Å²) in [6, 6.07) is 24.6. The Balaban J connectivity index is 1.50. The molecule has 176 valence electrons. The molecule has 1 aliphatic carbocycles. The van der Waals surface area contributed by atoms with Gasteiger partial charge in [-0.25, -0.2) is 5.48 Å². The number of hydroxylamine groups is 1. The summed E-state index contributed by atoms with van der Waals surface area (Å²) in [5, 5.41) is 19.6. The number of ether oxygens (including phenoxy) is 1. The minimum absolute atomic E-state index is 0.0734. The number of amides is 2. The lowest BCUT2D eigenvalue weighted by Gasteiger charge is -2.32. The highest BCUT2D eigenvalue weighted by Crippen LogP contribution is 2.37. The monoisotopic (exact) mass is 460 g/mol. The molecule has 0 saturated heterocycles. The maximum atomic E-state index is 13.2. The van der Waals surface area contributed by atoms with Gasteiger partial charge in [0.15, 0.2) is 0 Å². The molecule has 0 unspecified atom stereocenters. The van der Waals surface area contributed by atoms with Crippen LogP contribution in [0.3, 0.4) is 0 Å². The van der Waals surface area contributed by atoms with Crippen LogP contribution in [0.2, 0.25) is 0 Å². The minimum atomic E-state index is -0.735. The fourth-order valence-electron chi connectivity index (χ4n) is 4.32. The lowest BCUT2D eigenvalue weighted by atomic mass is 10.0. The van der Waals surface area contributed by atoms with Gasteiger partial charge in [-0.2, -0.15) is 0 Å². The summed E-state index contributed by atoms with van der Waals surface area (Å²) >= 11 is 0. The number of nitrogens with one attached hydrogen (secondary N) is 1. The molecule has 2 atom stereocenters. The first-order valence-corrected chi connectivity index (χ1v) is 11.3. The molecule has 1 aliphatic rings. The molecule has 34 heavy (non-hydrogen) atoms. The van der Waals surface area contributed by atoms with E-state index in [0.717, 1.165) is 28.0 Å². The van der Waals surface area contributed by atoms with Crippen molar-refractivity contribution in [2.75, 3.05) is 0 Å². The van der Waals surface area contributed by atoms with Crippen LogP contribution in [0, 0.1) is 0 Å². The molecule has 0 aliphatic heterocycles. The van der Waals surface area contributed by atoms with E-state index >= 15 is 0 Å². The first-order chi connectivity index (χ1) is 16.5. The number of carbonyl (C=O) groups is 2. The second-order valence-corrected chi connectivity index (χ2v) is 8.39. The Morgan fingerprint density at radius 2 is 1.62 bits per heavy atom. The first-order valence-electron chi connectivity index (χ1n) is 11.3. The van der Waals surface area contributed by atoms with E-state index in [1.165, 1.54) is 0 Å². The van der Waals surface area contributed by atoms with Crippen molar-refractivity contribution in [1.29, 1.82) is 0 Å². The second-order valence-electron chi connectivity index (χ2n) is 8.39. The van der Waals surface area contributed by atoms with Gasteiger partial charge in [0.05, 0.1) is 12.1 Å². The van der Waals surface area contributed by atoms with E-state index in [4.69, 9.17) is 9.94 Å². The van der Waals surface area contributed by atoms with E-state index in [9.17, 15) is 14.7 Å². The van der Waals surface area contributed by atoms with Crippen molar-refractivity contribution in [2.45, 2.75) is 44.6 Å². The Morgan fingerprint density at radius 1 is 0.912 bits per heavy atom. The Bertz CT molecular complexity index is 1120. The minimum Gasteiger partial charge on any atom is -0.489 e. The predicted molar refractivity (Wildman–Crippen MR) is 126 cm³/mol. The number of aliphatic hydroxyl groups is 1. The van der Waals surface area contributed by atoms with Crippen LogP contribution in [0.1, 0.15) is 41.1 Å². The van der Waals surface area contributed by atoms with Crippen molar-refractivity contribution in [3.63, 3.8) is 0 Å². The van der Waals surface area contributed by atoms with Crippen LogP contribution in [0.15, 0.2) is 78.9 Å². The third kappa shape index (κ3) is 5.62. The van der Waals surface area contributed by atoms with E-state index in [0.29, 0.717) is 13.0 Å². The quantitative estimate of drug-likeness (QED) is 0.335. The summed E-state index contributed by atoms with van der Waals surface area (Å²) in [6.07, 6.45) is -0.478. The smallest absolute Gasteiger partial charge is 0.243 e. The highest BCUT2D eigenvalue weighted by atomic mass is 16.5. The molecule has 3 aromatic rings. The molecule has 7 heteroatoms. The predicted octanol–water partition coefficient (Wildman–Crippen LogP) is 3.54. The lowest BCUT2D eigenvalue weighted by Crippen LogP contribution is -2.39. The molecule has 0 radical (unpaired) electrons. The molecule has 0 aromatic heterocycles. The van der Waals surface area contributed by atoms with Gasteiger partial charge >= 0.3 is 0 Å². The highest BCUT2D eigenvalue weighted by molar-refractivity contribution is 5.83. The summed E-state index contributed by atoms with van der Waals surface area (Å²) in [5.74, 6) is -0.175. The van der Waals surface area contributed by atoms with Crippen LogP contribution in [0.5, 0.6) is 5.75 Å². The van der Waals surface area contributed by atoms with Crippen LogP contribution >= 0.6 is 0 Å². The van der Waals surface area contributed by atoms with E-state index in [1.807, 2.05) is 78.9 Å². The van der Waals surface area contributed by atoms with Gasteiger partial charge in [0.1, 0.15) is 12.4 Å². The number of aliphatic hydroxyl groups excluding tert-OH is 1. The van der Waals surface area contributed by atoms with Crippen LogP contribution < -0.4 is 10.2 Å². The largest absolute Gasteiger partial charge is 0.489 e. The van der Waals surface area contributed by atoms with Crippen molar-refractivity contribution in [3.05, 3.63) is 101 Å². The summed E-state index contributed by atoms with van der Waals surface area (Å²) in [6.45, 7) is 0.734. The average molecular weight is 461 g/mol. The first kappa shape index (κ1) is 23.5. The lowest BCUT2D eigenvalue weighted by molar-refractivity contribution is -0.140. The van der Waals surface area contributed by atoms with Crippen molar-refractivity contribution in [1.82, 2.24) is 10.4 Å². The van der Waals surface area contributed by atoms with Gasteiger partial charge in [0.2, 0.25) is 11.8 Å². The zero-order valence-corrected chi connectivity index (χ0v) is 18.8. The molecule has 2 amide bonds. The SMILES string of the molecule is O=C(CCC(=O)N(Cc1ccc(OCc2ccccc2)cc1)[C@H]1c2ccccc2C[C@H]1O)NO. The molecule has 0 bridgehead atoms. The standard InChI is InChI=1S/C27H28N2O5/c30-24-16-21-8-4-5-9-23(21)27(24)29(26(32)15-14-25(31)28-33)17-19-10-12-22(13-11-19)34-18-20-6-2-1-3-7-20/h1-13,24,27,30,33H,14-18H2,(H,28,31)/t24-,27+/m1/s1. The highest BCUT2D eigenvalue weighted by Gasteiger charge is 2.37. The van der Waals surface area contributed by atoms with Crippen molar-refractivity contribution >= 4 is 11.8 Å². The fourth-order valence-corrected chi connectivity index (χ4v) is 4.32. The number of nitrogens with zero attached hydrogens (tertiary/aromatic N) is 1.